The number of rotatable bonds is 19. The molecule has 1 heterocycles. The van der Waals surface area contributed by atoms with Crippen molar-refractivity contribution in [1.82, 2.24) is 25.8 Å². The molecule has 4 unspecified atom stereocenters. The predicted octanol–water partition coefficient (Wildman–Crippen LogP) is 8.36. The lowest BCUT2D eigenvalue weighted by molar-refractivity contribution is -0.117. The summed E-state index contributed by atoms with van der Waals surface area (Å²) in [5, 5.41) is 10.5. The number of piperidine rings is 1. The number of nitrogens with one attached hydrogen (secondary N) is 3. The van der Waals surface area contributed by atoms with Crippen LogP contribution in [0.5, 0.6) is 0 Å². The summed E-state index contributed by atoms with van der Waals surface area (Å²) < 4.78 is 0. The van der Waals surface area contributed by atoms with Crippen LogP contribution in [0.15, 0.2) is 86.1 Å². The van der Waals surface area contributed by atoms with Gasteiger partial charge >= 0.3 is 0 Å². The first kappa shape index (κ1) is 40.0. The van der Waals surface area contributed by atoms with Gasteiger partial charge in [0.2, 0.25) is 0 Å². The highest BCUT2D eigenvalue weighted by Crippen LogP contribution is 2.53. The van der Waals surface area contributed by atoms with Gasteiger partial charge in [-0.15, -0.1) is 6.58 Å². The summed E-state index contributed by atoms with van der Waals surface area (Å²) in [5.74, 6) is 2.48. The second-order valence-electron chi connectivity index (χ2n) is 15.8. The van der Waals surface area contributed by atoms with Crippen molar-refractivity contribution < 1.29 is 4.79 Å². The molecule has 1 aromatic carbocycles. The fourth-order valence-electron chi connectivity index (χ4n) is 7.85. The Morgan fingerprint density at radius 3 is 2.12 bits per heavy atom. The van der Waals surface area contributed by atoms with Crippen LogP contribution < -0.4 is 16.0 Å². The van der Waals surface area contributed by atoms with Crippen molar-refractivity contribution >= 4 is 5.78 Å². The Bertz CT molecular complexity index is 1300. The maximum absolute atomic E-state index is 13.4. The van der Waals surface area contributed by atoms with Gasteiger partial charge in [-0.3, -0.25) is 4.79 Å². The molecular weight excluding hydrogens is 603 g/mol. The minimum atomic E-state index is -0.366. The van der Waals surface area contributed by atoms with E-state index in [2.05, 4.69) is 132 Å². The third kappa shape index (κ3) is 10.1. The Morgan fingerprint density at radius 2 is 1.59 bits per heavy atom. The molecular formula is C43H69N5O. The number of hydrogen-bond donors (Lipinski definition) is 3. The van der Waals surface area contributed by atoms with Crippen molar-refractivity contribution in [2.24, 2.45) is 23.2 Å². The van der Waals surface area contributed by atoms with Crippen molar-refractivity contribution in [3.8, 4) is 0 Å². The number of fused-ring (bicyclic) bond motifs is 2. The van der Waals surface area contributed by atoms with E-state index in [1.54, 1.807) is 6.08 Å². The van der Waals surface area contributed by atoms with Gasteiger partial charge < -0.3 is 25.8 Å². The van der Waals surface area contributed by atoms with Crippen LogP contribution in [0, 0.1) is 23.2 Å². The zero-order valence-corrected chi connectivity index (χ0v) is 32.3. The average molecular weight is 672 g/mol. The largest absolute Gasteiger partial charge is 0.379 e. The maximum atomic E-state index is 13.4. The van der Waals surface area contributed by atoms with Gasteiger partial charge in [-0.25, -0.2) is 0 Å². The second-order valence-corrected chi connectivity index (χ2v) is 15.8. The molecule has 3 N–H and O–H groups in total. The van der Waals surface area contributed by atoms with Gasteiger partial charge in [-0.2, -0.15) is 0 Å². The average Bonchev–Trinajstić information content (AvgIpc) is 3.50. The summed E-state index contributed by atoms with van der Waals surface area (Å²) >= 11 is 0. The summed E-state index contributed by atoms with van der Waals surface area (Å²) in [4.78, 5) is 18.3. The van der Waals surface area contributed by atoms with Crippen molar-refractivity contribution in [3.05, 3.63) is 97.3 Å². The molecule has 3 aliphatic rings. The predicted molar refractivity (Wildman–Crippen MR) is 210 cm³/mol. The number of likely N-dealkylation sites (tertiary alicyclic amines) is 1. The van der Waals surface area contributed by atoms with Gasteiger partial charge in [0.25, 0.3) is 0 Å². The van der Waals surface area contributed by atoms with E-state index in [9.17, 15) is 4.79 Å². The normalized spacial score (nSPS) is 21.1. The molecule has 1 saturated heterocycles. The van der Waals surface area contributed by atoms with Crippen LogP contribution in [-0.4, -0.2) is 59.9 Å². The topological polar surface area (TPSA) is 59.6 Å². The van der Waals surface area contributed by atoms with E-state index in [0.29, 0.717) is 36.0 Å². The first-order chi connectivity index (χ1) is 23.2. The van der Waals surface area contributed by atoms with E-state index in [0.717, 1.165) is 62.3 Å². The van der Waals surface area contributed by atoms with E-state index in [1.807, 2.05) is 0 Å². The molecule has 6 nitrogen and oxygen atoms in total. The van der Waals surface area contributed by atoms with E-state index in [-0.39, 0.29) is 29.3 Å². The lowest BCUT2D eigenvalue weighted by atomic mass is 9.84. The summed E-state index contributed by atoms with van der Waals surface area (Å²) in [6.45, 7) is 38.8. The lowest BCUT2D eigenvalue weighted by Gasteiger charge is -2.44. The van der Waals surface area contributed by atoms with E-state index in [1.165, 1.54) is 24.0 Å². The number of nitrogens with zero attached hydrogens (tertiary/aromatic N) is 2. The van der Waals surface area contributed by atoms with Crippen LogP contribution in [-0.2, 0) is 17.6 Å². The molecule has 272 valence electrons. The fourth-order valence-corrected chi connectivity index (χ4v) is 7.85. The number of benzene rings is 1. The molecule has 1 aromatic rings. The van der Waals surface area contributed by atoms with Crippen molar-refractivity contribution in [2.75, 3.05) is 20.1 Å². The van der Waals surface area contributed by atoms with Gasteiger partial charge in [0, 0.05) is 37.6 Å². The minimum absolute atomic E-state index is 0.00949. The quantitative estimate of drug-likeness (QED) is 0.102. The van der Waals surface area contributed by atoms with Crippen molar-refractivity contribution in [1.29, 1.82) is 0 Å². The van der Waals surface area contributed by atoms with Gasteiger partial charge in [-0.1, -0.05) is 124 Å². The second kappa shape index (κ2) is 18.0. The Kier molecular flexibility index (Phi) is 14.7. The third-order valence-corrected chi connectivity index (χ3v) is 10.6. The summed E-state index contributed by atoms with van der Waals surface area (Å²) in [7, 11) is 2.19. The van der Waals surface area contributed by atoms with Crippen LogP contribution in [0.4, 0.5) is 0 Å². The fraction of sp³-hybridized carbons (Fsp3) is 0.605. The van der Waals surface area contributed by atoms with Gasteiger partial charge in [0.1, 0.15) is 0 Å². The number of carbonyl (C=O) groups excluding carboxylic acids is 1. The number of likely N-dealkylation sites (N-methyl/N-ethyl adjacent to an activating group) is 1. The summed E-state index contributed by atoms with van der Waals surface area (Å²) in [5.41, 5.74) is 5.45. The number of carbonyl (C=O) groups is 1. The molecule has 1 aliphatic heterocycles. The summed E-state index contributed by atoms with van der Waals surface area (Å²) in [6, 6.07) is 8.99. The first-order valence-corrected chi connectivity index (χ1v) is 19.0. The van der Waals surface area contributed by atoms with Crippen LogP contribution in [0.1, 0.15) is 98.1 Å². The monoisotopic (exact) mass is 672 g/mol. The minimum Gasteiger partial charge on any atom is -0.379 e. The Hall–Kier alpha value is -3.41. The molecule has 0 bridgehead atoms. The molecule has 4 rings (SSSR count). The number of Topliss-reactive ketones (excluding diaryl/α,β-unsaturated/α-hetero) is 1. The molecule has 0 radical (unpaired) electrons. The van der Waals surface area contributed by atoms with Gasteiger partial charge in [-0.05, 0) is 66.4 Å². The molecule has 0 amide bonds. The highest BCUT2D eigenvalue weighted by molar-refractivity contribution is 5.98. The lowest BCUT2D eigenvalue weighted by Crippen LogP contribution is -2.52. The van der Waals surface area contributed by atoms with Gasteiger partial charge in [0.15, 0.2) is 5.78 Å². The Balaban J connectivity index is 0.00000209. The Labute approximate surface area is 300 Å². The van der Waals surface area contributed by atoms with Crippen LogP contribution in [0.25, 0.3) is 0 Å². The van der Waals surface area contributed by atoms with E-state index >= 15 is 0 Å². The summed E-state index contributed by atoms with van der Waals surface area (Å²) in [6.07, 6.45) is 10.0. The molecule has 0 spiro atoms. The molecule has 1 saturated carbocycles. The molecule has 6 heteroatoms. The number of hydrogen-bond acceptors (Lipinski definition) is 6. The standard InChI is InChI=1S/C40H61N5O.C3H8/c1-12-17-35(39(46)27(5)41-21-14-3)42-26(4)37-34-24-33(34)25-45(37)28(6)38(32-22-30-19-15-16-20-31(30)23-32)44(11)29(7)43-36(18-13-2)40(8,9)10;1-3-2/h14-16,19-20,32-38,41-43H,3-7,12-13,17-18,21-25H2,1-2,8-11H3;3H2,1-2H3/t33-,34-,35?,36?,37?,38?;/m0./s1. The molecule has 2 aliphatic carbocycles. The van der Waals surface area contributed by atoms with Crippen molar-refractivity contribution in [3.63, 3.8) is 0 Å². The van der Waals surface area contributed by atoms with Crippen LogP contribution >= 0.6 is 0 Å². The van der Waals surface area contributed by atoms with Crippen LogP contribution in [0.3, 0.4) is 0 Å². The highest BCUT2D eigenvalue weighted by atomic mass is 16.1. The third-order valence-electron chi connectivity index (χ3n) is 10.6. The van der Waals surface area contributed by atoms with E-state index < -0.39 is 0 Å². The van der Waals surface area contributed by atoms with Gasteiger partial charge in [0.05, 0.1) is 29.6 Å². The highest BCUT2D eigenvalue weighted by Gasteiger charge is 2.55. The SMILES string of the molecule is C=CCNC(=C)C(=O)C(CCC)NC(=C)C1[C@H]2C[C@H]2CN1C(=C)C(C1Cc2ccccc2C1)N(C)C(=C)NC(CCC)C(C)(C)C.CCC. The zero-order valence-electron chi connectivity index (χ0n) is 32.3. The smallest absolute Gasteiger partial charge is 0.200 e. The van der Waals surface area contributed by atoms with Crippen molar-refractivity contribution in [2.45, 2.75) is 124 Å². The van der Waals surface area contributed by atoms with Crippen LogP contribution in [0.2, 0.25) is 0 Å². The molecule has 6 atom stereocenters. The molecule has 49 heavy (non-hydrogen) atoms. The van der Waals surface area contributed by atoms with E-state index in [4.69, 9.17) is 6.58 Å². The first-order valence-electron chi connectivity index (χ1n) is 19.0. The zero-order chi connectivity index (χ0) is 36.5. The Morgan fingerprint density at radius 1 is 1.00 bits per heavy atom. The molecule has 0 aromatic heterocycles. The molecule has 2 fully saturated rings. The number of ketones is 1. The maximum Gasteiger partial charge on any atom is 0.200 e.